The number of nitrogens with zero attached hydrogens (tertiary/aromatic N) is 1. The molecule has 0 bridgehead atoms. The monoisotopic (exact) mass is 1380 g/mol. The van der Waals surface area contributed by atoms with Gasteiger partial charge in [-0.2, -0.15) is 0 Å². The Bertz CT molecular complexity index is 2620. The molecule has 6 aromatic carbocycles. The molecule has 0 aliphatic heterocycles. The Morgan fingerprint density at radius 3 is 0.989 bits per heavy atom. The Balaban J connectivity index is -0.00000114. The van der Waals surface area contributed by atoms with Crippen molar-refractivity contribution >= 4 is 77.9 Å². The molecule has 0 atom stereocenters. The van der Waals surface area contributed by atoms with E-state index < -0.39 is 10.1 Å². The molecule has 0 saturated carbocycles. The predicted octanol–water partition coefficient (Wildman–Crippen LogP) is 18.4. The van der Waals surface area contributed by atoms with Gasteiger partial charge in [0.15, 0.2) is 29.4 Å². The van der Waals surface area contributed by atoms with Gasteiger partial charge in [-0.25, -0.2) is 8.42 Å². The van der Waals surface area contributed by atoms with Gasteiger partial charge in [-0.1, -0.05) is 212 Å². The first-order valence-corrected chi connectivity index (χ1v) is 35.8. The van der Waals surface area contributed by atoms with Crippen molar-refractivity contribution in [2.75, 3.05) is 31.2 Å². The highest BCUT2D eigenvalue weighted by Gasteiger charge is 2.31. The number of benzene rings is 6. The van der Waals surface area contributed by atoms with Crippen LogP contribution < -0.4 is 21.7 Å². The Kier molecular flexibility index (Phi) is 54.2. The fourth-order valence-corrected chi connectivity index (χ4v) is 13.6. The van der Waals surface area contributed by atoms with E-state index >= 15 is 0 Å². The number of hydrogen-bond donors (Lipinski definition) is 1. The van der Waals surface area contributed by atoms with Crippen LogP contribution in [0.5, 0.6) is 11.5 Å². The summed E-state index contributed by atoms with van der Waals surface area (Å²) in [7, 11) is -4.28. The molecule has 0 aromatic heterocycles. The van der Waals surface area contributed by atoms with Crippen LogP contribution in [0.4, 0.5) is 0 Å². The summed E-state index contributed by atoms with van der Waals surface area (Å²) in [6, 6.07) is 51.0. The van der Waals surface area contributed by atoms with E-state index in [0.29, 0.717) is 24.8 Å². The lowest BCUT2D eigenvalue weighted by Gasteiger charge is -2.14. The third-order valence-electron chi connectivity index (χ3n) is 13.3. The number of phenols is 1. The summed E-state index contributed by atoms with van der Waals surface area (Å²) in [5.41, 5.74) is 3.89. The van der Waals surface area contributed by atoms with Crippen LogP contribution in [0, 0.1) is 27.7 Å². The fraction of sp³-hybridized carbons (Fsp3) is 0.472. The van der Waals surface area contributed by atoms with Crippen molar-refractivity contribution in [1.29, 1.82) is 0 Å². The molecule has 0 spiro atoms. The second kappa shape index (κ2) is 54.0. The molecule has 0 amide bonds. The first-order chi connectivity index (χ1) is 40.3. The van der Waals surface area contributed by atoms with E-state index in [0.717, 1.165) is 53.7 Å². The molecule has 8 nitrogen and oxygen atoms in total. The smallest absolute Gasteiger partial charge is 0.311 e. The van der Waals surface area contributed by atoms with Gasteiger partial charge in [-0.05, 0) is 143 Å². The minimum Gasteiger partial charge on any atom is -1.00 e. The van der Waals surface area contributed by atoms with E-state index in [1.165, 1.54) is 126 Å². The van der Waals surface area contributed by atoms with Crippen LogP contribution in [0.3, 0.4) is 0 Å². The molecule has 15 heteroatoms. The van der Waals surface area contributed by atoms with Crippen LogP contribution in [0.25, 0.3) is 0 Å². The van der Waals surface area contributed by atoms with Crippen LogP contribution >= 0.6 is 34.8 Å². The standard InChI is InChI=1S/C31H39O2S.C20H18OS.C11H21ClO.C6H15N.CH2Cl2.CH4O3S.2CH4.BrH/c1-4-5-6-7-8-9-10-17-22-30(32)33-31-25(2)23-29(24-26(31)3)34(27-18-13-11-14-19-27)28-20-15-12-16-21-28;1-15-13-19(14-16(2)20(15)21)22(17-9-5-3-6-10-17)18-11-7-4-8-12-18;1-2-3-4-5-6-7-8-9-10-11(12)13;1-4-7(5-2)6-3;2-1-3;1-5(2,3)4;;;/h11-16,18-21,23-24H,4-10,17,22H2,1-3H3;3-14H,1-2H3;2-10H2,1H3;4-6H2,1-3H3;1H2;1H3,(H,2,3,4);2*1H4;1H/q+1;;;;;;;;/p-1. The highest BCUT2D eigenvalue weighted by molar-refractivity contribution is 7.97. The number of hydrogen-bond acceptors (Lipinski definition) is 8. The summed E-state index contributed by atoms with van der Waals surface area (Å²) < 4.78 is 33.1. The number of unbranched alkanes of at least 4 members (excludes halogenated alkanes) is 14. The quantitative estimate of drug-likeness (QED) is 0.00980. The molecule has 0 aliphatic carbocycles. The van der Waals surface area contributed by atoms with Gasteiger partial charge in [0.1, 0.15) is 11.5 Å². The van der Waals surface area contributed by atoms with Crippen LogP contribution in [0.1, 0.15) is 187 Å². The van der Waals surface area contributed by atoms with E-state index in [4.69, 9.17) is 52.5 Å². The Labute approximate surface area is 560 Å². The summed E-state index contributed by atoms with van der Waals surface area (Å²) in [5, 5.41) is 10.1. The second-order valence-electron chi connectivity index (χ2n) is 20.4. The van der Waals surface area contributed by atoms with E-state index in [1.807, 2.05) is 39.8 Å². The lowest BCUT2D eigenvalue weighted by molar-refractivity contribution is -0.134. The summed E-state index contributed by atoms with van der Waals surface area (Å²) in [4.78, 5) is 32.9. The highest BCUT2D eigenvalue weighted by Crippen LogP contribution is 2.37. The molecule has 0 unspecified atom stereocenters. The minimum absolute atomic E-state index is 0. The van der Waals surface area contributed by atoms with Crippen molar-refractivity contribution in [2.24, 2.45) is 0 Å². The molecular formula is C72H107BrCl3NO7S3. The average molecular weight is 1380 g/mol. The topological polar surface area (TPSA) is 124 Å². The van der Waals surface area contributed by atoms with E-state index in [9.17, 15) is 14.7 Å². The van der Waals surface area contributed by atoms with Crippen LogP contribution in [0.2, 0.25) is 0 Å². The number of carbonyl (C=O) groups is 2. The van der Waals surface area contributed by atoms with Gasteiger partial charge in [0.25, 0.3) is 0 Å². The Morgan fingerprint density at radius 2 is 0.736 bits per heavy atom. The third-order valence-corrected chi connectivity index (χ3v) is 17.9. The van der Waals surface area contributed by atoms with Gasteiger partial charge in [-0.15, -0.1) is 23.2 Å². The number of alkyl halides is 2. The summed E-state index contributed by atoms with van der Waals surface area (Å²) in [5.74, 6) is 1.00. The van der Waals surface area contributed by atoms with Crippen LogP contribution in [-0.2, 0) is 41.5 Å². The zero-order chi connectivity index (χ0) is 62.5. The maximum Gasteiger partial charge on any atom is 0.311 e. The molecule has 0 heterocycles. The number of aryl methyl sites for hydroxylation is 4. The summed E-state index contributed by atoms with van der Waals surface area (Å²) in [6.45, 7) is 22.6. The number of ether oxygens (including phenoxy) is 1. The molecule has 0 saturated heterocycles. The molecule has 0 fully saturated rings. The summed E-state index contributed by atoms with van der Waals surface area (Å²) in [6.07, 6.45) is 21.5. The van der Waals surface area contributed by atoms with Crippen molar-refractivity contribution in [2.45, 2.75) is 222 Å². The van der Waals surface area contributed by atoms with Crippen molar-refractivity contribution in [3.8, 4) is 11.5 Å². The molecule has 488 valence electrons. The maximum atomic E-state index is 12.5. The van der Waals surface area contributed by atoms with Gasteiger partial charge in [-0.3, -0.25) is 9.59 Å². The summed E-state index contributed by atoms with van der Waals surface area (Å²) >= 11 is 14.7. The fourth-order valence-electron chi connectivity index (χ4n) is 8.90. The van der Waals surface area contributed by atoms with Crippen LogP contribution in [0.15, 0.2) is 175 Å². The molecule has 6 aromatic rings. The lowest BCUT2D eigenvalue weighted by atomic mass is 10.1. The number of rotatable bonds is 28. The highest BCUT2D eigenvalue weighted by atomic mass is 79.9. The molecular weight excluding hydrogens is 1270 g/mol. The van der Waals surface area contributed by atoms with Crippen LogP contribution in [-0.4, -0.2) is 65.4 Å². The predicted molar refractivity (Wildman–Crippen MR) is 374 cm³/mol. The molecule has 87 heavy (non-hydrogen) atoms. The number of halogens is 4. The average Bonchev–Trinajstić information content (AvgIpc) is 3.65. The SMILES string of the molecule is C.C.CCCCCCCCCCC(=O)Cl.CCCCCCCCCCC(=O)Oc1c(C)cc([S+](c2ccccc2)c2ccccc2)cc1C.CCN(CC)CC.CS(=O)(=O)[O-].Cc1cc([S+](c2ccccc2)c2ccccc2)cc(C)c1O.ClCCl.[Br-]. The number of carbonyl (C=O) groups excluding carboxylic acids is 2. The van der Waals surface area contributed by atoms with E-state index in [2.05, 4.69) is 173 Å². The van der Waals surface area contributed by atoms with Gasteiger partial charge in [0.2, 0.25) is 5.24 Å². The van der Waals surface area contributed by atoms with Gasteiger partial charge in [0.05, 0.1) is 37.2 Å². The normalized spacial score (nSPS) is 10.3. The molecule has 6 rings (SSSR count). The number of aromatic hydroxyl groups is 1. The number of phenolic OH excluding ortho intramolecular Hbond substituents is 1. The minimum atomic E-state index is -3.92. The zero-order valence-corrected chi connectivity index (χ0v) is 58.8. The van der Waals surface area contributed by atoms with Gasteiger partial charge in [0, 0.05) is 43.4 Å². The van der Waals surface area contributed by atoms with Crippen molar-refractivity contribution in [1.82, 2.24) is 4.90 Å². The third kappa shape index (κ3) is 40.5. The Morgan fingerprint density at radius 1 is 0.483 bits per heavy atom. The first kappa shape index (κ1) is 87.4. The number of esters is 1. The van der Waals surface area contributed by atoms with Crippen molar-refractivity contribution < 1.29 is 49.4 Å². The van der Waals surface area contributed by atoms with E-state index in [1.54, 1.807) is 0 Å². The molecule has 0 aliphatic rings. The zero-order valence-electron chi connectivity index (χ0n) is 52.5. The lowest BCUT2D eigenvalue weighted by Crippen LogP contribution is -3.00. The van der Waals surface area contributed by atoms with Gasteiger partial charge >= 0.3 is 5.97 Å². The van der Waals surface area contributed by atoms with Crippen molar-refractivity contribution in [3.63, 3.8) is 0 Å². The maximum absolute atomic E-state index is 12.5. The molecule has 1 N–H and O–H groups in total. The Hall–Kier alpha value is -3.82. The second-order valence-corrected chi connectivity index (χ2v) is 27.1. The van der Waals surface area contributed by atoms with Gasteiger partial charge < -0.3 is 36.3 Å². The molecule has 0 radical (unpaired) electrons. The first-order valence-electron chi connectivity index (χ1n) is 30.0. The largest absolute Gasteiger partial charge is 1.00 e. The van der Waals surface area contributed by atoms with E-state index in [-0.39, 0.29) is 70.2 Å². The van der Waals surface area contributed by atoms with Crippen molar-refractivity contribution in [3.05, 3.63) is 168 Å².